The highest BCUT2D eigenvalue weighted by molar-refractivity contribution is 4.96. The third-order valence-electron chi connectivity index (χ3n) is 4.76. The fourth-order valence-corrected chi connectivity index (χ4v) is 4.35. The van der Waals surface area contributed by atoms with E-state index in [2.05, 4.69) is 27.7 Å². The molecule has 0 N–H and O–H groups in total. The fourth-order valence-electron chi connectivity index (χ4n) is 4.35. The molecule has 2 rings (SSSR count). The number of fused-ring (bicyclic) bond motifs is 2. The van der Waals surface area contributed by atoms with Crippen LogP contribution in [0.25, 0.3) is 0 Å². The first-order valence-corrected chi connectivity index (χ1v) is 7.08. The molecule has 0 aromatic carbocycles. The highest BCUT2D eigenvalue weighted by atomic mass is 14.5. The van der Waals surface area contributed by atoms with Gasteiger partial charge >= 0.3 is 0 Å². The van der Waals surface area contributed by atoms with Gasteiger partial charge in [-0.2, -0.15) is 0 Å². The van der Waals surface area contributed by atoms with Gasteiger partial charge in [-0.25, -0.2) is 0 Å². The summed E-state index contributed by atoms with van der Waals surface area (Å²) in [6.45, 7) is 9.60. The minimum Gasteiger partial charge on any atom is -0.0628 e. The van der Waals surface area contributed by atoms with Crippen LogP contribution in [0.15, 0.2) is 0 Å². The lowest BCUT2D eigenvalue weighted by atomic mass is 9.72. The predicted molar refractivity (Wildman–Crippen MR) is 66.7 cm³/mol. The summed E-state index contributed by atoms with van der Waals surface area (Å²) < 4.78 is 0. The van der Waals surface area contributed by atoms with Gasteiger partial charge in [0, 0.05) is 0 Å². The zero-order valence-corrected chi connectivity index (χ0v) is 11.0. The molecule has 4 atom stereocenters. The van der Waals surface area contributed by atoms with E-state index in [9.17, 15) is 0 Å². The van der Waals surface area contributed by atoms with Crippen molar-refractivity contribution >= 4 is 0 Å². The maximum Gasteiger partial charge on any atom is -0.0352 e. The van der Waals surface area contributed by atoms with Crippen LogP contribution in [0, 0.1) is 35.5 Å². The fraction of sp³-hybridized carbons (Fsp3) is 1.00. The van der Waals surface area contributed by atoms with Crippen molar-refractivity contribution in [3.05, 3.63) is 0 Å². The van der Waals surface area contributed by atoms with E-state index in [0.29, 0.717) is 0 Å². The van der Waals surface area contributed by atoms with Crippen LogP contribution in [-0.4, -0.2) is 0 Å². The van der Waals surface area contributed by atoms with Gasteiger partial charge in [0.15, 0.2) is 0 Å². The SMILES string of the molecule is CC(C)CC1C2CCC(C2)C1CC(C)C. The molecule has 2 aliphatic carbocycles. The van der Waals surface area contributed by atoms with Gasteiger partial charge in [0.25, 0.3) is 0 Å². The van der Waals surface area contributed by atoms with Crippen molar-refractivity contribution in [1.82, 2.24) is 0 Å². The maximum atomic E-state index is 2.40. The second kappa shape index (κ2) is 4.47. The molecular weight excluding hydrogens is 180 g/mol. The molecule has 2 aliphatic rings. The molecule has 0 heteroatoms. The normalized spacial score (nSPS) is 39.6. The van der Waals surface area contributed by atoms with Crippen molar-refractivity contribution in [3.63, 3.8) is 0 Å². The molecule has 2 saturated carbocycles. The van der Waals surface area contributed by atoms with Crippen LogP contribution in [0.2, 0.25) is 0 Å². The van der Waals surface area contributed by atoms with E-state index in [-0.39, 0.29) is 0 Å². The Morgan fingerprint density at radius 1 is 0.800 bits per heavy atom. The Bertz CT molecular complexity index is 182. The topological polar surface area (TPSA) is 0 Å². The molecule has 0 nitrogen and oxygen atoms in total. The van der Waals surface area contributed by atoms with Gasteiger partial charge in [0.05, 0.1) is 0 Å². The summed E-state index contributed by atoms with van der Waals surface area (Å²) >= 11 is 0. The maximum absolute atomic E-state index is 2.40. The average molecular weight is 208 g/mol. The molecule has 0 saturated heterocycles. The van der Waals surface area contributed by atoms with Gasteiger partial charge in [-0.05, 0) is 67.6 Å². The Kier molecular flexibility index (Phi) is 3.42. The minimum absolute atomic E-state index is 0.906. The first-order valence-electron chi connectivity index (χ1n) is 7.08. The van der Waals surface area contributed by atoms with Crippen LogP contribution >= 0.6 is 0 Å². The minimum atomic E-state index is 0.906. The Balaban J connectivity index is 1.99. The van der Waals surface area contributed by atoms with Gasteiger partial charge in [-0.1, -0.05) is 27.7 Å². The van der Waals surface area contributed by atoms with E-state index < -0.39 is 0 Å². The molecule has 4 unspecified atom stereocenters. The van der Waals surface area contributed by atoms with Gasteiger partial charge < -0.3 is 0 Å². The summed E-state index contributed by atoms with van der Waals surface area (Å²) in [6, 6.07) is 0. The van der Waals surface area contributed by atoms with Crippen molar-refractivity contribution in [2.45, 2.75) is 59.8 Å². The number of rotatable bonds is 4. The van der Waals surface area contributed by atoms with Crippen molar-refractivity contribution in [2.75, 3.05) is 0 Å². The smallest absolute Gasteiger partial charge is 0.0352 e. The second-order valence-electron chi connectivity index (χ2n) is 6.92. The highest BCUT2D eigenvalue weighted by Gasteiger charge is 2.46. The molecule has 0 aliphatic heterocycles. The van der Waals surface area contributed by atoms with E-state index in [1.165, 1.54) is 12.8 Å². The van der Waals surface area contributed by atoms with Crippen LogP contribution in [-0.2, 0) is 0 Å². The third kappa shape index (κ3) is 2.40. The van der Waals surface area contributed by atoms with Crippen molar-refractivity contribution in [3.8, 4) is 0 Å². The van der Waals surface area contributed by atoms with Gasteiger partial charge in [0.2, 0.25) is 0 Å². The first kappa shape index (κ1) is 11.5. The Hall–Kier alpha value is 0. The van der Waals surface area contributed by atoms with Gasteiger partial charge in [0.1, 0.15) is 0 Å². The number of hydrogen-bond donors (Lipinski definition) is 0. The van der Waals surface area contributed by atoms with Crippen LogP contribution in [0.1, 0.15) is 59.8 Å². The van der Waals surface area contributed by atoms with Gasteiger partial charge in [-0.15, -0.1) is 0 Å². The second-order valence-corrected chi connectivity index (χ2v) is 6.92. The summed E-state index contributed by atoms with van der Waals surface area (Å²) in [7, 11) is 0. The quantitative estimate of drug-likeness (QED) is 0.626. The molecule has 0 amide bonds. The zero-order valence-electron chi connectivity index (χ0n) is 11.0. The molecule has 2 fully saturated rings. The predicted octanol–water partition coefficient (Wildman–Crippen LogP) is 4.74. The summed E-state index contributed by atoms with van der Waals surface area (Å²) in [5.41, 5.74) is 0. The highest BCUT2D eigenvalue weighted by Crippen LogP contribution is 2.55. The summed E-state index contributed by atoms with van der Waals surface area (Å²) in [4.78, 5) is 0. The zero-order chi connectivity index (χ0) is 11.0. The van der Waals surface area contributed by atoms with Gasteiger partial charge in [-0.3, -0.25) is 0 Å². The molecule has 2 bridgehead atoms. The summed E-state index contributed by atoms with van der Waals surface area (Å²) in [5, 5.41) is 0. The van der Waals surface area contributed by atoms with Crippen LogP contribution in [0.5, 0.6) is 0 Å². The van der Waals surface area contributed by atoms with E-state index in [1.54, 1.807) is 19.3 Å². The van der Waals surface area contributed by atoms with E-state index in [0.717, 1.165) is 35.5 Å². The molecule has 0 aromatic rings. The molecule has 0 spiro atoms. The van der Waals surface area contributed by atoms with E-state index in [4.69, 9.17) is 0 Å². The monoisotopic (exact) mass is 208 g/mol. The van der Waals surface area contributed by atoms with Crippen LogP contribution < -0.4 is 0 Å². The molecule has 0 radical (unpaired) electrons. The largest absolute Gasteiger partial charge is 0.0628 e. The Labute approximate surface area is 95.8 Å². The lowest BCUT2D eigenvalue weighted by molar-refractivity contribution is 0.165. The van der Waals surface area contributed by atoms with E-state index >= 15 is 0 Å². The third-order valence-corrected chi connectivity index (χ3v) is 4.76. The van der Waals surface area contributed by atoms with Crippen LogP contribution in [0.3, 0.4) is 0 Å². The Morgan fingerprint density at radius 2 is 1.20 bits per heavy atom. The van der Waals surface area contributed by atoms with Crippen LogP contribution in [0.4, 0.5) is 0 Å². The molecular formula is C15H28. The number of hydrogen-bond acceptors (Lipinski definition) is 0. The molecule has 0 heterocycles. The first-order chi connectivity index (χ1) is 7.08. The average Bonchev–Trinajstić information content (AvgIpc) is 2.67. The van der Waals surface area contributed by atoms with Crippen molar-refractivity contribution in [2.24, 2.45) is 35.5 Å². The lowest BCUT2D eigenvalue weighted by Crippen LogP contribution is -2.25. The lowest BCUT2D eigenvalue weighted by Gasteiger charge is -2.33. The van der Waals surface area contributed by atoms with Crippen molar-refractivity contribution in [1.29, 1.82) is 0 Å². The molecule has 15 heavy (non-hydrogen) atoms. The van der Waals surface area contributed by atoms with Crippen molar-refractivity contribution < 1.29 is 0 Å². The van der Waals surface area contributed by atoms with E-state index in [1.807, 2.05) is 0 Å². The molecule has 88 valence electrons. The Morgan fingerprint density at radius 3 is 1.53 bits per heavy atom. The molecule has 0 aromatic heterocycles. The summed E-state index contributed by atoms with van der Waals surface area (Å²) in [5.74, 6) is 6.22. The summed E-state index contributed by atoms with van der Waals surface area (Å²) in [6.07, 6.45) is 7.68. The standard InChI is InChI=1S/C15H28/c1-10(2)7-14-12-5-6-13(9-12)15(14)8-11(3)4/h10-15H,5-9H2,1-4H3.